The lowest BCUT2D eigenvalue weighted by Crippen LogP contribution is -2.25. The Morgan fingerprint density at radius 1 is 0.535 bits per heavy atom. The molecule has 0 fully saturated rings. The molecule has 6 nitrogen and oxygen atoms in total. The Balaban J connectivity index is 3.60. The SMILES string of the molecule is CCCCCCCCCCCCCC(=O)OC[C@@H](O)COC(=O)CCC/C=C\C/C=C\C/C=C\C/C=C\CC(O)CCC. The molecule has 6 heteroatoms. The van der Waals surface area contributed by atoms with E-state index in [2.05, 4.69) is 62.5 Å². The van der Waals surface area contributed by atoms with E-state index in [9.17, 15) is 19.8 Å². The van der Waals surface area contributed by atoms with E-state index < -0.39 is 6.10 Å². The monoisotopic (exact) mass is 604 g/mol. The summed E-state index contributed by atoms with van der Waals surface area (Å²) in [5.74, 6) is -0.652. The molecule has 0 bridgehead atoms. The zero-order valence-electron chi connectivity index (χ0n) is 27.6. The van der Waals surface area contributed by atoms with Crippen molar-refractivity contribution in [1.82, 2.24) is 0 Å². The molecule has 0 rings (SSSR count). The average Bonchev–Trinajstić information content (AvgIpc) is 2.99. The molecule has 0 radical (unpaired) electrons. The smallest absolute Gasteiger partial charge is 0.305 e. The highest BCUT2D eigenvalue weighted by Gasteiger charge is 2.12. The molecular weight excluding hydrogens is 540 g/mol. The predicted molar refractivity (Wildman–Crippen MR) is 179 cm³/mol. The van der Waals surface area contributed by atoms with Gasteiger partial charge in [-0.15, -0.1) is 0 Å². The summed E-state index contributed by atoms with van der Waals surface area (Å²) in [6, 6.07) is 0. The van der Waals surface area contributed by atoms with Crippen molar-refractivity contribution in [2.75, 3.05) is 13.2 Å². The van der Waals surface area contributed by atoms with Gasteiger partial charge in [-0.05, 0) is 51.4 Å². The van der Waals surface area contributed by atoms with Gasteiger partial charge in [-0.2, -0.15) is 0 Å². The second-order valence-corrected chi connectivity index (χ2v) is 11.5. The number of ether oxygens (including phenoxy) is 2. The summed E-state index contributed by atoms with van der Waals surface area (Å²) >= 11 is 0. The van der Waals surface area contributed by atoms with E-state index >= 15 is 0 Å². The zero-order valence-corrected chi connectivity index (χ0v) is 27.6. The standard InChI is InChI=1S/C37H64O6/c1-3-5-6-7-8-9-13-17-20-23-26-30-36(40)42-32-35(39)33-43-37(41)31-27-24-21-18-15-12-10-11-14-16-19-22-25-29-34(38)28-4-2/h10,12,14,16,18,21-22,25,34-35,38-39H,3-9,11,13,15,17,19-20,23-24,26-33H2,1-2H3/b12-10-,16-14-,21-18-,25-22-/t34?,35-/m1/s1. The van der Waals surface area contributed by atoms with Gasteiger partial charge in [-0.3, -0.25) is 9.59 Å². The van der Waals surface area contributed by atoms with E-state index in [0.717, 1.165) is 64.2 Å². The molecule has 0 aliphatic heterocycles. The van der Waals surface area contributed by atoms with Crippen LogP contribution in [0.15, 0.2) is 48.6 Å². The Labute approximate surface area is 263 Å². The third-order valence-corrected chi connectivity index (χ3v) is 7.12. The number of unbranched alkanes of at least 4 members (excludes halogenated alkanes) is 11. The minimum Gasteiger partial charge on any atom is -0.463 e. The summed E-state index contributed by atoms with van der Waals surface area (Å²) in [5.41, 5.74) is 0. The quantitative estimate of drug-likeness (QED) is 0.0482. The fourth-order valence-electron chi connectivity index (χ4n) is 4.50. The number of rotatable bonds is 30. The molecule has 0 aromatic rings. The van der Waals surface area contributed by atoms with Crippen LogP contribution in [0.3, 0.4) is 0 Å². The molecule has 0 saturated heterocycles. The summed E-state index contributed by atoms with van der Waals surface area (Å²) in [6.07, 6.45) is 36.5. The molecule has 0 aromatic carbocycles. The van der Waals surface area contributed by atoms with Crippen molar-refractivity contribution in [2.45, 2.75) is 161 Å². The van der Waals surface area contributed by atoms with Crippen LogP contribution in [0.5, 0.6) is 0 Å². The largest absolute Gasteiger partial charge is 0.463 e. The first-order valence-electron chi connectivity index (χ1n) is 17.3. The van der Waals surface area contributed by atoms with Crippen LogP contribution < -0.4 is 0 Å². The van der Waals surface area contributed by atoms with E-state index in [1.165, 1.54) is 51.4 Å². The van der Waals surface area contributed by atoms with Crippen LogP contribution >= 0.6 is 0 Å². The molecule has 0 spiro atoms. The zero-order chi connectivity index (χ0) is 31.6. The van der Waals surface area contributed by atoms with Gasteiger partial charge >= 0.3 is 11.9 Å². The predicted octanol–water partition coefficient (Wildman–Crippen LogP) is 9.25. The number of carbonyl (C=O) groups is 2. The van der Waals surface area contributed by atoms with E-state index in [0.29, 0.717) is 19.3 Å². The number of hydrogen-bond acceptors (Lipinski definition) is 6. The Morgan fingerprint density at radius 3 is 1.49 bits per heavy atom. The highest BCUT2D eigenvalue weighted by molar-refractivity contribution is 5.69. The maximum atomic E-state index is 11.9. The van der Waals surface area contributed by atoms with E-state index in [1.807, 2.05) is 0 Å². The fourth-order valence-corrected chi connectivity index (χ4v) is 4.50. The van der Waals surface area contributed by atoms with Gasteiger partial charge in [0.2, 0.25) is 0 Å². The van der Waals surface area contributed by atoms with Crippen molar-refractivity contribution in [3.63, 3.8) is 0 Å². The molecule has 0 aliphatic carbocycles. The molecule has 0 saturated carbocycles. The highest BCUT2D eigenvalue weighted by Crippen LogP contribution is 2.12. The first kappa shape index (κ1) is 40.8. The van der Waals surface area contributed by atoms with Gasteiger partial charge < -0.3 is 19.7 Å². The van der Waals surface area contributed by atoms with Crippen LogP contribution in [0.25, 0.3) is 0 Å². The molecule has 248 valence electrons. The summed E-state index contributed by atoms with van der Waals surface area (Å²) < 4.78 is 10.2. The summed E-state index contributed by atoms with van der Waals surface area (Å²) in [7, 11) is 0. The Hall–Kier alpha value is -2.18. The first-order chi connectivity index (χ1) is 21.0. The van der Waals surface area contributed by atoms with Crippen LogP contribution in [0.4, 0.5) is 0 Å². The van der Waals surface area contributed by atoms with Gasteiger partial charge in [-0.25, -0.2) is 0 Å². The number of aliphatic hydroxyl groups excluding tert-OH is 2. The topological polar surface area (TPSA) is 93.1 Å². The molecular formula is C37H64O6. The summed E-state index contributed by atoms with van der Waals surface area (Å²) in [5, 5.41) is 19.6. The third-order valence-electron chi connectivity index (χ3n) is 7.12. The van der Waals surface area contributed by atoms with Crippen molar-refractivity contribution in [2.24, 2.45) is 0 Å². The molecule has 43 heavy (non-hydrogen) atoms. The normalized spacial score (nSPS) is 13.5. The summed E-state index contributed by atoms with van der Waals surface area (Å²) in [4.78, 5) is 23.8. The van der Waals surface area contributed by atoms with Gasteiger partial charge in [0.25, 0.3) is 0 Å². The lowest BCUT2D eigenvalue weighted by atomic mass is 10.1. The molecule has 0 aliphatic rings. The van der Waals surface area contributed by atoms with Crippen LogP contribution in [-0.2, 0) is 19.1 Å². The number of allylic oxidation sites excluding steroid dienone is 7. The van der Waals surface area contributed by atoms with Crippen molar-refractivity contribution in [3.8, 4) is 0 Å². The lowest BCUT2D eigenvalue weighted by Gasteiger charge is -2.12. The molecule has 1 unspecified atom stereocenters. The summed E-state index contributed by atoms with van der Waals surface area (Å²) in [6.45, 7) is 4.03. The first-order valence-corrected chi connectivity index (χ1v) is 17.3. The molecule has 2 N–H and O–H groups in total. The average molecular weight is 605 g/mol. The molecule has 0 aromatic heterocycles. The van der Waals surface area contributed by atoms with Gasteiger partial charge in [0.05, 0.1) is 6.10 Å². The van der Waals surface area contributed by atoms with E-state index in [4.69, 9.17) is 9.47 Å². The second kappa shape index (κ2) is 32.7. The number of hydrogen-bond donors (Lipinski definition) is 2. The Bertz CT molecular complexity index is 754. The van der Waals surface area contributed by atoms with Crippen LogP contribution in [0.1, 0.15) is 149 Å². The molecule has 0 heterocycles. The van der Waals surface area contributed by atoms with Crippen molar-refractivity contribution in [1.29, 1.82) is 0 Å². The minimum absolute atomic E-state index is 0.141. The van der Waals surface area contributed by atoms with Gasteiger partial charge in [0.15, 0.2) is 0 Å². The van der Waals surface area contributed by atoms with Gasteiger partial charge in [0, 0.05) is 12.8 Å². The van der Waals surface area contributed by atoms with Crippen molar-refractivity contribution in [3.05, 3.63) is 48.6 Å². The second-order valence-electron chi connectivity index (χ2n) is 11.5. The van der Waals surface area contributed by atoms with Crippen molar-refractivity contribution < 1.29 is 29.3 Å². The van der Waals surface area contributed by atoms with E-state index in [-0.39, 0.29) is 31.3 Å². The number of esters is 2. The van der Waals surface area contributed by atoms with Gasteiger partial charge in [-0.1, -0.05) is 133 Å². The molecule has 0 amide bonds. The fraction of sp³-hybridized carbons (Fsp3) is 0.730. The Kier molecular flexibility index (Phi) is 31.1. The Morgan fingerprint density at radius 2 is 0.977 bits per heavy atom. The maximum absolute atomic E-state index is 11.9. The van der Waals surface area contributed by atoms with Crippen molar-refractivity contribution >= 4 is 11.9 Å². The van der Waals surface area contributed by atoms with Crippen LogP contribution in [-0.4, -0.2) is 47.6 Å². The number of carbonyl (C=O) groups excluding carboxylic acids is 2. The van der Waals surface area contributed by atoms with Crippen LogP contribution in [0, 0.1) is 0 Å². The van der Waals surface area contributed by atoms with Gasteiger partial charge in [0.1, 0.15) is 19.3 Å². The maximum Gasteiger partial charge on any atom is 0.305 e. The van der Waals surface area contributed by atoms with E-state index in [1.54, 1.807) is 0 Å². The lowest BCUT2D eigenvalue weighted by molar-refractivity contribution is -0.152. The third kappa shape index (κ3) is 32.6. The highest BCUT2D eigenvalue weighted by atomic mass is 16.6. The molecule has 2 atom stereocenters. The number of aliphatic hydroxyl groups is 2. The minimum atomic E-state index is -0.993. The van der Waals surface area contributed by atoms with Crippen LogP contribution in [0.2, 0.25) is 0 Å².